The van der Waals surface area contributed by atoms with Gasteiger partial charge in [-0.3, -0.25) is 14.5 Å². The highest BCUT2D eigenvalue weighted by Gasteiger charge is 2.38. The van der Waals surface area contributed by atoms with Crippen LogP contribution in [0.2, 0.25) is 0 Å². The molecule has 0 bridgehead atoms. The van der Waals surface area contributed by atoms with E-state index in [2.05, 4.69) is 15.3 Å². The summed E-state index contributed by atoms with van der Waals surface area (Å²) < 4.78 is 75.9. The van der Waals surface area contributed by atoms with Crippen LogP contribution in [0.5, 0.6) is 0 Å². The number of nitrogens with zero attached hydrogens (tertiary/aromatic N) is 4. The number of rotatable bonds is 5. The Morgan fingerprint density at radius 3 is 2.36 bits per heavy atom. The second-order valence-electron chi connectivity index (χ2n) is 8.75. The molecule has 14 heteroatoms. The summed E-state index contributed by atoms with van der Waals surface area (Å²) in [6, 6.07) is 2.22. The van der Waals surface area contributed by atoms with Gasteiger partial charge in [-0.1, -0.05) is 0 Å². The number of halogens is 4. The first kappa shape index (κ1) is 25.8. The van der Waals surface area contributed by atoms with E-state index in [1.807, 2.05) is 0 Å². The third-order valence-corrected chi connectivity index (χ3v) is 7.33. The summed E-state index contributed by atoms with van der Waals surface area (Å²) in [5.74, 6) is -1.67. The molecule has 2 saturated heterocycles. The first-order chi connectivity index (χ1) is 16.8. The van der Waals surface area contributed by atoms with Gasteiger partial charge in [-0.25, -0.2) is 22.8 Å². The number of benzene rings is 1. The number of anilines is 2. The minimum atomic E-state index is -4.59. The number of sulfone groups is 1. The van der Waals surface area contributed by atoms with Gasteiger partial charge in [0.15, 0.2) is 9.84 Å². The lowest BCUT2D eigenvalue weighted by molar-refractivity contribution is -0.139. The Balaban J connectivity index is 1.41. The number of nitrogens with one attached hydrogen (secondary N) is 1. The lowest BCUT2D eigenvalue weighted by atomic mass is 9.96. The van der Waals surface area contributed by atoms with Crippen LogP contribution in [-0.4, -0.2) is 66.5 Å². The average Bonchev–Trinajstić information content (AvgIpc) is 2.80. The van der Waals surface area contributed by atoms with Gasteiger partial charge < -0.3 is 10.2 Å². The van der Waals surface area contributed by atoms with Crippen LogP contribution in [0.1, 0.15) is 31.2 Å². The topological polar surface area (TPSA) is 113 Å². The minimum absolute atomic E-state index is 0.00653. The molecule has 1 aromatic heterocycles. The predicted molar refractivity (Wildman–Crippen MR) is 120 cm³/mol. The van der Waals surface area contributed by atoms with Crippen molar-refractivity contribution >= 4 is 33.3 Å². The largest absolute Gasteiger partial charge is 0.419 e. The van der Waals surface area contributed by atoms with E-state index in [1.165, 1.54) is 17.0 Å². The molecule has 1 unspecified atom stereocenters. The van der Waals surface area contributed by atoms with E-state index in [9.17, 15) is 35.6 Å². The summed E-state index contributed by atoms with van der Waals surface area (Å²) in [7, 11) is -3.59. The highest BCUT2D eigenvalue weighted by Crippen LogP contribution is 2.30. The van der Waals surface area contributed by atoms with Gasteiger partial charge in [0.1, 0.15) is 11.9 Å². The molecular formula is C22H23F4N5O4S. The van der Waals surface area contributed by atoms with Crippen LogP contribution < -0.4 is 10.2 Å². The summed E-state index contributed by atoms with van der Waals surface area (Å²) in [6.07, 6.45) is -1.05. The molecule has 0 aliphatic carbocycles. The second-order valence-corrected chi connectivity index (χ2v) is 10.8. The lowest BCUT2D eigenvalue weighted by Gasteiger charge is -2.41. The van der Waals surface area contributed by atoms with Gasteiger partial charge in [0.2, 0.25) is 17.8 Å². The highest BCUT2D eigenvalue weighted by molar-refractivity contribution is 7.90. The Bertz CT molecular complexity index is 1270. The standard InChI is InChI=1S/C22H23F4N5O4S/c1-36(34,35)15-4-5-17(16(23)10-15)29-18-3-2-7-30(20(18)33)14-6-8-31(19(32)9-14)21-27-11-13(12-28-21)22(24,25)26/h4-5,10-12,14,18,29H,2-3,6-9H2,1H3/t14-,18?/m0/s1. The fourth-order valence-corrected chi connectivity index (χ4v) is 4.96. The Kier molecular flexibility index (Phi) is 6.90. The Morgan fingerprint density at radius 1 is 1.08 bits per heavy atom. The molecular weight excluding hydrogens is 506 g/mol. The maximum Gasteiger partial charge on any atom is 0.419 e. The number of likely N-dealkylation sites (tertiary alicyclic amines) is 1. The summed E-state index contributed by atoms with van der Waals surface area (Å²) in [5, 5.41) is 2.84. The second kappa shape index (κ2) is 9.64. The first-order valence-corrected chi connectivity index (χ1v) is 13.0. The van der Waals surface area contributed by atoms with Crippen molar-refractivity contribution in [2.45, 2.75) is 48.8 Å². The molecule has 2 aliphatic rings. The fourth-order valence-electron chi connectivity index (χ4n) is 4.33. The van der Waals surface area contributed by atoms with Crippen molar-refractivity contribution in [3.63, 3.8) is 0 Å². The first-order valence-electron chi connectivity index (χ1n) is 11.1. The van der Waals surface area contributed by atoms with Gasteiger partial charge in [-0.05, 0) is 37.5 Å². The molecule has 2 fully saturated rings. The summed E-state index contributed by atoms with van der Waals surface area (Å²) in [4.78, 5) is 35.8. The van der Waals surface area contributed by atoms with Gasteiger partial charge >= 0.3 is 6.18 Å². The number of hydrogen-bond donors (Lipinski definition) is 1. The quantitative estimate of drug-likeness (QED) is 0.593. The van der Waals surface area contributed by atoms with Gasteiger partial charge in [-0.2, -0.15) is 13.2 Å². The molecule has 3 heterocycles. The monoisotopic (exact) mass is 529 g/mol. The predicted octanol–water partition coefficient (Wildman–Crippen LogP) is 2.64. The third kappa shape index (κ3) is 5.42. The van der Waals surface area contributed by atoms with Crippen LogP contribution >= 0.6 is 0 Å². The van der Waals surface area contributed by atoms with Gasteiger partial charge in [-0.15, -0.1) is 0 Å². The van der Waals surface area contributed by atoms with Crippen LogP contribution in [0.3, 0.4) is 0 Å². The van der Waals surface area contributed by atoms with Crippen molar-refractivity contribution in [3.05, 3.63) is 42.0 Å². The summed E-state index contributed by atoms with van der Waals surface area (Å²) in [6.45, 7) is 0.527. The number of carbonyl (C=O) groups excluding carboxylic acids is 2. The number of aromatic nitrogens is 2. The zero-order valence-electron chi connectivity index (χ0n) is 19.1. The van der Waals surface area contributed by atoms with Gasteiger partial charge in [0.05, 0.1) is 16.1 Å². The summed E-state index contributed by atoms with van der Waals surface area (Å²) >= 11 is 0. The third-order valence-electron chi connectivity index (χ3n) is 6.22. The molecule has 1 N–H and O–H groups in total. The molecule has 36 heavy (non-hydrogen) atoms. The number of amides is 2. The molecule has 1 aromatic carbocycles. The molecule has 9 nitrogen and oxygen atoms in total. The molecule has 0 radical (unpaired) electrons. The fraction of sp³-hybridized carbons (Fsp3) is 0.455. The SMILES string of the molecule is CS(=O)(=O)c1ccc(NC2CCCN([C@H]3CCN(c4ncc(C(F)(F)F)cn4)C(=O)C3)C2=O)c(F)c1. The van der Waals surface area contributed by atoms with Crippen LogP contribution in [0.15, 0.2) is 35.5 Å². The van der Waals surface area contributed by atoms with E-state index >= 15 is 0 Å². The van der Waals surface area contributed by atoms with E-state index in [-0.39, 0.29) is 35.4 Å². The average molecular weight is 530 g/mol. The number of hydrogen-bond acceptors (Lipinski definition) is 7. The van der Waals surface area contributed by atoms with E-state index in [0.717, 1.165) is 12.3 Å². The van der Waals surface area contributed by atoms with Crippen molar-refractivity contribution in [2.75, 3.05) is 29.6 Å². The molecule has 4 rings (SSSR count). The van der Waals surface area contributed by atoms with Crippen molar-refractivity contribution in [3.8, 4) is 0 Å². The van der Waals surface area contributed by atoms with Crippen molar-refractivity contribution in [1.29, 1.82) is 0 Å². The number of piperidine rings is 2. The van der Waals surface area contributed by atoms with Crippen molar-refractivity contribution in [1.82, 2.24) is 14.9 Å². The van der Waals surface area contributed by atoms with E-state index in [4.69, 9.17) is 0 Å². The zero-order valence-corrected chi connectivity index (χ0v) is 19.9. The van der Waals surface area contributed by atoms with Crippen LogP contribution in [0.4, 0.5) is 29.2 Å². The highest BCUT2D eigenvalue weighted by atomic mass is 32.2. The Morgan fingerprint density at radius 2 is 1.78 bits per heavy atom. The number of carbonyl (C=O) groups is 2. The smallest absolute Gasteiger partial charge is 0.371 e. The van der Waals surface area contributed by atoms with Crippen LogP contribution in [0, 0.1) is 5.82 Å². The molecule has 194 valence electrons. The van der Waals surface area contributed by atoms with Crippen molar-refractivity contribution < 1.29 is 35.6 Å². The van der Waals surface area contributed by atoms with Crippen molar-refractivity contribution in [2.24, 2.45) is 0 Å². The number of alkyl halides is 3. The lowest BCUT2D eigenvalue weighted by Crippen LogP contribution is -2.56. The normalized spacial score (nSPS) is 21.6. The van der Waals surface area contributed by atoms with E-state index in [0.29, 0.717) is 38.2 Å². The van der Waals surface area contributed by atoms with Gasteiger partial charge in [0.25, 0.3) is 0 Å². The molecule has 0 saturated carbocycles. The van der Waals surface area contributed by atoms with E-state index < -0.39 is 45.4 Å². The van der Waals surface area contributed by atoms with E-state index in [1.54, 1.807) is 4.90 Å². The minimum Gasteiger partial charge on any atom is -0.371 e. The molecule has 2 aromatic rings. The molecule has 0 spiro atoms. The van der Waals surface area contributed by atoms with Gasteiger partial charge in [0, 0.05) is 44.2 Å². The molecule has 2 amide bonds. The maximum atomic E-state index is 14.5. The van der Waals surface area contributed by atoms with Crippen LogP contribution in [0.25, 0.3) is 0 Å². The Labute approximate surface area is 204 Å². The van der Waals surface area contributed by atoms with Crippen LogP contribution in [-0.2, 0) is 25.6 Å². The molecule has 2 aliphatic heterocycles. The molecule has 2 atom stereocenters. The zero-order chi connectivity index (χ0) is 26.3. The summed E-state index contributed by atoms with van der Waals surface area (Å²) in [5.41, 5.74) is -1.03. The Hall–Kier alpha value is -3.29. The maximum absolute atomic E-state index is 14.5.